The first kappa shape index (κ1) is 20.8. The molecule has 24 heavy (non-hydrogen) atoms. The van der Waals surface area contributed by atoms with Crippen molar-refractivity contribution in [3.63, 3.8) is 0 Å². The lowest BCUT2D eigenvalue weighted by Gasteiger charge is -2.24. The Balaban J connectivity index is 2.76. The molecule has 0 radical (unpaired) electrons. The Morgan fingerprint density at radius 2 is 1.92 bits per heavy atom. The molecule has 1 rings (SSSR count). The largest absolute Gasteiger partial charge is 0.353 e. The minimum Gasteiger partial charge on any atom is -0.353 e. The van der Waals surface area contributed by atoms with Gasteiger partial charge in [-0.05, 0) is 43.9 Å². The lowest BCUT2D eigenvalue weighted by atomic mass is 10.1. The summed E-state index contributed by atoms with van der Waals surface area (Å²) in [5.74, 6) is 0.294. The van der Waals surface area contributed by atoms with Gasteiger partial charge in [-0.3, -0.25) is 9.10 Å². The zero-order valence-electron chi connectivity index (χ0n) is 15.0. The van der Waals surface area contributed by atoms with Crippen molar-refractivity contribution in [1.29, 1.82) is 0 Å². The quantitative estimate of drug-likeness (QED) is 0.758. The van der Waals surface area contributed by atoms with Crippen LogP contribution >= 0.6 is 11.6 Å². The Morgan fingerprint density at radius 1 is 1.29 bits per heavy atom. The molecule has 1 aromatic rings. The van der Waals surface area contributed by atoms with Crippen molar-refractivity contribution in [2.75, 3.05) is 17.1 Å². The zero-order valence-corrected chi connectivity index (χ0v) is 16.5. The molecule has 136 valence electrons. The number of hydrogen-bond acceptors (Lipinski definition) is 3. The summed E-state index contributed by atoms with van der Waals surface area (Å²) < 4.78 is 25.6. The van der Waals surface area contributed by atoms with Crippen molar-refractivity contribution in [2.24, 2.45) is 5.92 Å². The maximum atomic E-state index is 12.1. The van der Waals surface area contributed by atoms with Crippen LogP contribution in [-0.4, -0.2) is 33.2 Å². The lowest BCUT2D eigenvalue weighted by Crippen LogP contribution is -2.37. The zero-order chi connectivity index (χ0) is 18.5. The summed E-state index contributed by atoms with van der Waals surface area (Å²) >= 11 is 6.00. The molecule has 0 unspecified atom stereocenters. The van der Waals surface area contributed by atoms with Crippen molar-refractivity contribution >= 4 is 33.2 Å². The fourth-order valence-corrected chi connectivity index (χ4v) is 3.37. The number of hydrogen-bond donors (Lipinski definition) is 1. The molecular weight excluding hydrogens is 348 g/mol. The monoisotopic (exact) mass is 374 g/mol. The minimum absolute atomic E-state index is 0.0625. The lowest BCUT2D eigenvalue weighted by molar-refractivity contribution is -0.122. The van der Waals surface area contributed by atoms with Gasteiger partial charge in [-0.2, -0.15) is 0 Å². The molecule has 0 heterocycles. The highest BCUT2D eigenvalue weighted by atomic mass is 35.5. The Hall–Kier alpha value is -1.27. The molecule has 0 spiro atoms. The van der Waals surface area contributed by atoms with E-state index in [0.29, 0.717) is 23.0 Å². The topological polar surface area (TPSA) is 66.5 Å². The van der Waals surface area contributed by atoms with Crippen LogP contribution in [0.2, 0.25) is 5.02 Å². The van der Waals surface area contributed by atoms with Crippen molar-refractivity contribution in [3.8, 4) is 0 Å². The van der Waals surface area contributed by atoms with Gasteiger partial charge in [0.2, 0.25) is 15.9 Å². The first-order chi connectivity index (χ1) is 11.0. The second kappa shape index (κ2) is 8.72. The van der Waals surface area contributed by atoms with Crippen LogP contribution in [0.3, 0.4) is 0 Å². The van der Waals surface area contributed by atoms with Gasteiger partial charge in [0.05, 0.1) is 11.9 Å². The van der Waals surface area contributed by atoms with Gasteiger partial charge in [0.25, 0.3) is 0 Å². The summed E-state index contributed by atoms with van der Waals surface area (Å²) in [6.07, 6.45) is 1.88. The predicted molar refractivity (Wildman–Crippen MR) is 100 cm³/mol. The van der Waals surface area contributed by atoms with Crippen LogP contribution in [0.15, 0.2) is 18.2 Å². The number of aryl methyl sites for hydroxylation is 1. The van der Waals surface area contributed by atoms with Crippen LogP contribution in [0.25, 0.3) is 0 Å². The van der Waals surface area contributed by atoms with Gasteiger partial charge < -0.3 is 5.32 Å². The minimum atomic E-state index is -3.45. The van der Waals surface area contributed by atoms with Crippen LogP contribution in [0.4, 0.5) is 5.69 Å². The first-order valence-electron chi connectivity index (χ1n) is 8.05. The first-order valence-corrected chi connectivity index (χ1v) is 10.3. The maximum Gasteiger partial charge on any atom is 0.232 e. The molecular formula is C17H27ClN2O3S. The molecule has 1 amide bonds. The van der Waals surface area contributed by atoms with E-state index < -0.39 is 10.0 Å². The number of nitrogens with one attached hydrogen (secondary N) is 1. The van der Waals surface area contributed by atoms with E-state index in [1.54, 1.807) is 18.2 Å². The number of nitrogens with zero attached hydrogens (tertiary/aromatic N) is 1. The van der Waals surface area contributed by atoms with Gasteiger partial charge in [0.1, 0.15) is 0 Å². The Morgan fingerprint density at radius 3 is 2.46 bits per heavy atom. The van der Waals surface area contributed by atoms with Crippen LogP contribution in [0.1, 0.15) is 39.2 Å². The summed E-state index contributed by atoms with van der Waals surface area (Å²) in [4.78, 5) is 11.9. The van der Waals surface area contributed by atoms with Gasteiger partial charge in [0, 0.05) is 24.0 Å². The highest BCUT2D eigenvalue weighted by Crippen LogP contribution is 2.26. The van der Waals surface area contributed by atoms with Crippen LogP contribution in [0.5, 0.6) is 0 Å². The number of carbonyl (C=O) groups is 1. The third kappa shape index (κ3) is 6.32. The van der Waals surface area contributed by atoms with E-state index in [2.05, 4.69) is 5.32 Å². The smallest absolute Gasteiger partial charge is 0.232 e. The Kier molecular flexibility index (Phi) is 7.55. The predicted octanol–water partition coefficient (Wildman–Crippen LogP) is 3.36. The summed E-state index contributed by atoms with van der Waals surface area (Å²) in [5.41, 5.74) is 1.38. The number of rotatable bonds is 8. The molecule has 0 saturated carbocycles. The molecule has 1 aromatic carbocycles. The number of carbonyl (C=O) groups excluding carboxylic acids is 1. The number of anilines is 1. The Bertz CT molecular complexity index is 674. The normalized spacial score (nSPS) is 13.0. The molecule has 0 aliphatic carbocycles. The number of halogens is 1. The molecule has 1 N–H and O–H groups in total. The molecule has 0 saturated heterocycles. The van der Waals surface area contributed by atoms with Crippen molar-refractivity contribution in [3.05, 3.63) is 28.8 Å². The van der Waals surface area contributed by atoms with Gasteiger partial charge in [-0.15, -0.1) is 0 Å². The molecule has 5 nitrogen and oxygen atoms in total. The number of amides is 1. The molecule has 7 heteroatoms. The van der Waals surface area contributed by atoms with Crippen LogP contribution in [-0.2, 0) is 14.8 Å². The fraction of sp³-hybridized carbons (Fsp3) is 0.588. The Labute approximate surface area is 150 Å². The molecule has 0 bridgehead atoms. The summed E-state index contributed by atoms with van der Waals surface area (Å²) in [6, 6.07) is 5.24. The van der Waals surface area contributed by atoms with Crippen molar-refractivity contribution < 1.29 is 13.2 Å². The second-order valence-corrected chi connectivity index (χ2v) is 8.81. The molecule has 0 aliphatic rings. The van der Waals surface area contributed by atoms with E-state index in [1.165, 1.54) is 4.31 Å². The third-order valence-electron chi connectivity index (χ3n) is 3.99. The van der Waals surface area contributed by atoms with E-state index in [0.717, 1.165) is 11.8 Å². The van der Waals surface area contributed by atoms with Crippen molar-refractivity contribution in [1.82, 2.24) is 5.32 Å². The summed E-state index contributed by atoms with van der Waals surface area (Å²) in [6.45, 7) is 8.11. The highest BCUT2D eigenvalue weighted by Gasteiger charge is 2.20. The van der Waals surface area contributed by atoms with E-state index in [-0.39, 0.29) is 24.9 Å². The molecule has 1 atom stereocenters. The van der Waals surface area contributed by atoms with E-state index >= 15 is 0 Å². The molecule has 0 aliphatic heterocycles. The van der Waals surface area contributed by atoms with E-state index in [9.17, 15) is 13.2 Å². The van der Waals surface area contributed by atoms with E-state index in [4.69, 9.17) is 11.6 Å². The fourth-order valence-electron chi connectivity index (χ4n) is 2.19. The average molecular weight is 375 g/mol. The second-order valence-electron chi connectivity index (χ2n) is 6.47. The van der Waals surface area contributed by atoms with Gasteiger partial charge in [0.15, 0.2) is 0 Å². The van der Waals surface area contributed by atoms with Gasteiger partial charge in [-0.25, -0.2) is 8.42 Å². The average Bonchev–Trinajstić information content (AvgIpc) is 2.45. The standard InChI is InChI=1S/C17H27ClN2O3S/c1-12(2)14(4)19-17(21)7-6-10-20(24(5,22)23)16-11-15(18)9-8-13(16)3/h8-9,11-12,14H,6-7,10H2,1-5H3,(H,19,21)/t14-/m0/s1. The highest BCUT2D eigenvalue weighted by molar-refractivity contribution is 7.92. The number of benzene rings is 1. The SMILES string of the molecule is Cc1ccc(Cl)cc1N(CCCC(=O)N[C@@H](C)C(C)C)S(C)(=O)=O. The maximum absolute atomic E-state index is 12.1. The van der Waals surface area contributed by atoms with Crippen molar-refractivity contribution in [2.45, 2.75) is 46.6 Å². The van der Waals surface area contributed by atoms with Crippen LogP contribution < -0.4 is 9.62 Å². The third-order valence-corrected chi connectivity index (χ3v) is 5.41. The van der Waals surface area contributed by atoms with Gasteiger partial charge in [-0.1, -0.05) is 31.5 Å². The summed E-state index contributed by atoms with van der Waals surface area (Å²) in [5, 5.41) is 3.40. The van der Waals surface area contributed by atoms with Crippen LogP contribution in [0, 0.1) is 12.8 Å². The van der Waals surface area contributed by atoms with Gasteiger partial charge >= 0.3 is 0 Å². The molecule has 0 aromatic heterocycles. The van der Waals surface area contributed by atoms with E-state index in [1.807, 2.05) is 27.7 Å². The summed E-state index contributed by atoms with van der Waals surface area (Å²) in [7, 11) is -3.45. The number of sulfonamides is 1. The molecule has 0 fully saturated rings.